The molecule has 3 heterocycles. The van der Waals surface area contributed by atoms with Crippen LogP contribution < -0.4 is 0 Å². The first-order valence-corrected chi connectivity index (χ1v) is 18.6. The van der Waals surface area contributed by atoms with Crippen molar-refractivity contribution >= 4 is 43.7 Å². The quantitative estimate of drug-likeness (QED) is 0.171. The second kappa shape index (κ2) is 13.0. The lowest BCUT2D eigenvalue weighted by Gasteiger charge is -2.12. The highest BCUT2D eigenvalue weighted by atomic mass is 16.3. The molecule has 0 radical (unpaired) electrons. The minimum Gasteiger partial charge on any atom is -0.434 e. The van der Waals surface area contributed by atoms with Crippen molar-refractivity contribution in [2.75, 3.05) is 0 Å². The van der Waals surface area contributed by atoms with Gasteiger partial charge in [0.05, 0.1) is 11.0 Å². The Morgan fingerprint density at radius 1 is 0.357 bits per heavy atom. The molecule has 56 heavy (non-hydrogen) atoms. The molecule has 0 aliphatic rings. The van der Waals surface area contributed by atoms with E-state index in [-0.39, 0.29) is 0 Å². The Balaban J connectivity index is 1.05. The third-order valence-corrected chi connectivity index (χ3v) is 10.5. The van der Waals surface area contributed by atoms with Gasteiger partial charge in [0.15, 0.2) is 23.1 Å². The summed E-state index contributed by atoms with van der Waals surface area (Å²) in [5, 5.41) is 4.64. The summed E-state index contributed by atoms with van der Waals surface area (Å²) in [4.78, 5) is 19.8. The Kier molecular flexibility index (Phi) is 7.38. The number of rotatable bonds is 6. The minimum absolute atomic E-state index is 0.606. The van der Waals surface area contributed by atoms with E-state index in [1.165, 1.54) is 10.8 Å². The van der Waals surface area contributed by atoms with Crippen LogP contribution in [0.4, 0.5) is 0 Å². The fraction of sp³-hybridized carbons (Fsp3) is 0. The van der Waals surface area contributed by atoms with Crippen molar-refractivity contribution in [3.8, 4) is 62.4 Å². The summed E-state index contributed by atoms with van der Waals surface area (Å²) in [5.41, 5.74) is 10.6. The summed E-state index contributed by atoms with van der Waals surface area (Å²) in [7, 11) is 0. The predicted molar refractivity (Wildman–Crippen MR) is 226 cm³/mol. The van der Waals surface area contributed by atoms with Crippen molar-refractivity contribution < 1.29 is 4.42 Å². The van der Waals surface area contributed by atoms with Crippen molar-refractivity contribution in [1.29, 1.82) is 0 Å². The Morgan fingerprint density at radius 2 is 0.911 bits per heavy atom. The van der Waals surface area contributed by atoms with Gasteiger partial charge >= 0.3 is 0 Å². The van der Waals surface area contributed by atoms with Crippen molar-refractivity contribution in [1.82, 2.24) is 24.5 Å². The van der Waals surface area contributed by atoms with Gasteiger partial charge in [-0.15, -0.1) is 0 Å². The number of oxazole rings is 1. The fourth-order valence-electron chi connectivity index (χ4n) is 7.78. The summed E-state index contributed by atoms with van der Waals surface area (Å²) in [6.45, 7) is 0. The highest BCUT2D eigenvalue weighted by Crippen LogP contribution is 2.41. The molecule has 6 nitrogen and oxygen atoms in total. The molecule has 3 aromatic heterocycles. The van der Waals surface area contributed by atoms with Crippen LogP contribution in [-0.4, -0.2) is 24.5 Å². The second-order valence-electron chi connectivity index (χ2n) is 13.9. The predicted octanol–water partition coefficient (Wildman–Crippen LogP) is 12.6. The Hall–Kier alpha value is -7.70. The standard InChI is InChI=1S/C50H31N5O/c1-4-14-34(15-5-1)47-52-48(35-16-6-2-7-17-35)54-49(53-47)38-21-12-20-37(31-38)32-23-26-39(27-24-32)55-44-40-22-11-10-13-33(40)25-28-41(44)42-29-30-43-46(45(42)55)56-50(51-43)36-18-8-3-9-19-36/h1-31H. The lowest BCUT2D eigenvalue weighted by atomic mass is 10.0. The molecule has 0 bridgehead atoms. The molecule has 0 saturated heterocycles. The lowest BCUT2D eigenvalue weighted by Crippen LogP contribution is -2.00. The van der Waals surface area contributed by atoms with Gasteiger partial charge < -0.3 is 8.98 Å². The maximum atomic E-state index is 6.64. The van der Waals surface area contributed by atoms with Crippen LogP contribution in [-0.2, 0) is 0 Å². The van der Waals surface area contributed by atoms with E-state index in [0.717, 1.165) is 72.0 Å². The molecule has 0 aliphatic heterocycles. The maximum absolute atomic E-state index is 6.64. The van der Waals surface area contributed by atoms with Crippen LogP contribution in [0.15, 0.2) is 192 Å². The molecule has 11 rings (SSSR count). The SMILES string of the molecule is c1ccc(-c2nc(-c3ccccc3)nc(-c3cccc(-c4ccc(-n5c6c7ccccc7ccc6c6ccc7nc(-c8ccccc8)oc7c65)cc4)c3)n2)cc1. The third kappa shape index (κ3) is 5.35. The fourth-order valence-corrected chi connectivity index (χ4v) is 7.78. The summed E-state index contributed by atoms with van der Waals surface area (Å²) >= 11 is 0. The topological polar surface area (TPSA) is 69.6 Å². The van der Waals surface area contributed by atoms with Gasteiger partial charge in [0.2, 0.25) is 5.89 Å². The number of nitrogens with zero attached hydrogens (tertiary/aromatic N) is 5. The molecule has 262 valence electrons. The monoisotopic (exact) mass is 717 g/mol. The summed E-state index contributed by atoms with van der Waals surface area (Å²) < 4.78 is 8.99. The van der Waals surface area contributed by atoms with E-state index in [2.05, 4.69) is 102 Å². The van der Waals surface area contributed by atoms with E-state index in [9.17, 15) is 0 Å². The molecule has 0 fully saturated rings. The average Bonchev–Trinajstić information content (AvgIpc) is 3.87. The van der Waals surface area contributed by atoms with Crippen molar-refractivity contribution in [2.24, 2.45) is 0 Å². The first-order valence-electron chi connectivity index (χ1n) is 18.6. The molecule has 8 aromatic carbocycles. The largest absolute Gasteiger partial charge is 0.434 e. The molecular formula is C50H31N5O. The van der Waals surface area contributed by atoms with E-state index in [1.807, 2.05) is 91.0 Å². The Morgan fingerprint density at radius 3 is 1.61 bits per heavy atom. The number of benzene rings is 8. The van der Waals surface area contributed by atoms with E-state index in [0.29, 0.717) is 23.4 Å². The highest BCUT2D eigenvalue weighted by molar-refractivity contribution is 6.22. The molecule has 0 atom stereocenters. The Bertz CT molecular complexity index is 3170. The molecule has 0 aliphatic carbocycles. The Labute approximate surface area is 322 Å². The average molecular weight is 718 g/mol. The molecule has 0 amide bonds. The molecule has 0 N–H and O–H groups in total. The zero-order chi connectivity index (χ0) is 37.0. The maximum Gasteiger partial charge on any atom is 0.227 e. The molecule has 0 saturated carbocycles. The second-order valence-corrected chi connectivity index (χ2v) is 13.9. The molecule has 0 spiro atoms. The van der Waals surface area contributed by atoms with E-state index >= 15 is 0 Å². The van der Waals surface area contributed by atoms with Crippen LogP contribution in [0, 0.1) is 0 Å². The number of hydrogen-bond donors (Lipinski definition) is 0. The van der Waals surface area contributed by atoms with Gasteiger partial charge in [0.1, 0.15) is 5.52 Å². The van der Waals surface area contributed by atoms with Crippen LogP contribution in [0.1, 0.15) is 0 Å². The van der Waals surface area contributed by atoms with Gasteiger partial charge in [-0.05, 0) is 59.0 Å². The molecular weight excluding hydrogens is 687 g/mol. The number of fused-ring (bicyclic) bond motifs is 7. The minimum atomic E-state index is 0.606. The zero-order valence-electron chi connectivity index (χ0n) is 30.0. The first kappa shape index (κ1) is 31.8. The van der Waals surface area contributed by atoms with Crippen LogP contribution in [0.5, 0.6) is 0 Å². The number of hydrogen-bond acceptors (Lipinski definition) is 5. The van der Waals surface area contributed by atoms with Crippen LogP contribution in [0.2, 0.25) is 0 Å². The summed E-state index contributed by atoms with van der Waals surface area (Å²) in [6.07, 6.45) is 0. The highest BCUT2D eigenvalue weighted by Gasteiger charge is 2.21. The molecule has 0 unspecified atom stereocenters. The van der Waals surface area contributed by atoms with E-state index < -0.39 is 0 Å². The van der Waals surface area contributed by atoms with Gasteiger partial charge in [0.25, 0.3) is 0 Å². The smallest absolute Gasteiger partial charge is 0.227 e. The van der Waals surface area contributed by atoms with E-state index in [4.69, 9.17) is 24.4 Å². The van der Waals surface area contributed by atoms with Gasteiger partial charge in [-0.25, -0.2) is 19.9 Å². The summed E-state index contributed by atoms with van der Waals surface area (Å²) in [6, 6.07) is 64.6. The van der Waals surface area contributed by atoms with Gasteiger partial charge in [-0.3, -0.25) is 0 Å². The van der Waals surface area contributed by atoms with Crippen LogP contribution in [0.3, 0.4) is 0 Å². The van der Waals surface area contributed by atoms with Crippen molar-refractivity contribution in [3.63, 3.8) is 0 Å². The lowest BCUT2D eigenvalue weighted by molar-refractivity contribution is 0.622. The zero-order valence-corrected chi connectivity index (χ0v) is 30.0. The molecule has 11 aromatic rings. The van der Waals surface area contributed by atoms with Crippen molar-refractivity contribution in [3.05, 3.63) is 188 Å². The molecule has 6 heteroatoms. The first-order chi connectivity index (χ1) is 27.7. The van der Waals surface area contributed by atoms with Crippen LogP contribution in [0.25, 0.3) is 106 Å². The summed E-state index contributed by atoms with van der Waals surface area (Å²) in [5.74, 6) is 2.51. The van der Waals surface area contributed by atoms with E-state index in [1.54, 1.807) is 0 Å². The van der Waals surface area contributed by atoms with Crippen LogP contribution >= 0.6 is 0 Å². The normalized spacial score (nSPS) is 11.6. The van der Waals surface area contributed by atoms with Crippen molar-refractivity contribution in [2.45, 2.75) is 0 Å². The van der Waals surface area contributed by atoms with Gasteiger partial charge in [-0.2, -0.15) is 0 Å². The van der Waals surface area contributed by atoms with Gasteiger partial charge in [-0.1, -0.05) is 146 Å². The number of aromatic nitrogens is 5. The third-order valence-electron chi connectivity index (χ3n) is 10.5. The van der Waals surface area contributed by atoms with Gasteiger partial charge in [0, 0.05) is 44.1 Å².